The van der Waals surface area contributed by atoms with E-state index < -0.39 is 0 Å². The number of benzene rings is 3. The Balaban J connectivity index is 1.39. The molecule has 0 amide bonds. The number of nitrogens with zero attached hydrogens (tertiary/aromatic N) is 6. The Kier molecular flexibility index (Phi) is 5.57. The summed E-state index contributed by atoms with van der Waals surface area (Å²) in [6.07, 6.45) is 2.08. The third-order valence-electron chi connectivity index (χ3n) is 4.29. The largest absolute Gasteiger partial charge is 0.507 e. The van der Waals surface area contributed by atoms with Crippen LogP contribution in [0.25, 0.3) is 0 Å². The zero-order chi connectivity index (χ0) is 19.9. The predicted octanol–water partition coefficient (Wildman–Crippen LogP) is 6.14. The minimum absolute atomic E-state index is 0.0205. The lowest BCUT2D eigenvalue weighted by atomic mass is 10.1. The second-order valence-electron chi connectivity index (χ2n) is 6.39. The van der Waals surface area contributed by atoms with Gasteiger partial charge in [-0.15, -0.1) is 10.2 Å². The molecule has 0 saturated heterocycles. The molecule has 1 aliphatic rings. The van der Waals surface area contributed by atoms with E-state index in [1.165, 1.54) is 12.3 Å². The van der Waals surface area contributed by atoms with Gasteiger partial charge >= 0.3 is 0 Å². The molecule has 0 fully saturated rings. The number of azo groups is 2. The predicted molar refractivity (Wildman–Crippen MR) is 112 cm³/mol. The molecule has 0 unspecified atom stereocenters. The van der Waals surface area contributed by atoms with Gasteiger partial charge in [0.15, 0.2) is 5.84 Å². The normalized spacial score (nSPS) is 17.7. The summed E-state index contributed by atoms with van der Waals surface area (Å²) in [5.74, 6) is 0.608. The van der Waals surface area contributed by atoms with Crippen molar-refractivity contribution in [2.75, 3.05) is 0 Å². The summed E-state index contributed by atoms with van der Waals surface area (Å²) in [7, 11) is 0. The van der Waals surface area contributed by atoms with Crippen LogP contribution in [0.2, 0.25) is 0 Å². The molecule has 0 bridgehead atoms. The molecule has 1 atom stereocenters. The molecule has 4 rings (SSSR count). The molecule has 0 spiro atoms. The summed E-state index contributed by atoms with van der Waals surface area (Å²) in [5, 5.41) is 34.9. The van der Waals surface area contributed by atoms with Crippen LogP contribution in [0.4, 0.5) is 11.4 Å². The van der Waals surface area contributed by atoms with Gasteiger partial charge in [-0.3, -0.25) is 0 Å². The van der Waals surface area contributed by atoms with Gasteiger partial charge in [0.1, 0.15) is 11.8 Å². The van der Waals surface area contributed by atoms with Crippen LogP contribution >= 0.6 is 0 Å². The smallest absolute Gasteiger partial charge is 0.175 e. The molecule has 29 heavy (non-hydrogen) atoms. The van der Waals surface area contributed by atoms with E-state index >= 15 is 0 Å². The van der Waals surface area contributed by atoms with Gasteiger partial charge in [-0.2, -0.15) is 20.4 Å². The quantitative estimate of drug-likeness (QED) is 0.320. The molecule has 142 valence electrons. The Morgan fingerprint density at radius 2 is 1.59 bits per heavy atom. The van der Waals surface area contributed by atoms with Crippen molar-refractivity contribution in [3.63, 3.8) is 0 Å². The van der Waals surface area contributed by atoms with Gasteiger partial charge in [-0.05, 0) is 29.8 Å². The van der Waals surface area contributed by atoms with E-state index in [0.29, 0.717) is 23.5 Å². The van der Waals surface area contributed by atoms with Gasteiger partial charge in [0.2, 0.25) is 0 Å². The van der Waals surface area contributed by atoms with Gasteiger partial charge in [-0.25, -0.2) is 0 Å². The van der Waals surface area contributed by atoms with E-state index in [0.717, 1.165) is 11.3 Å². The third-order valence-corrected chi connectivity index (χ3v) is 4.29. The second-order valence-corrected chi connectivity index (χ2v) is 6.39. The highest BCUT2D eigenvalue weighted by Gasteiger charge is 2.19. The second kappa shape index (κ2) is 8.79. The molecule has 1 aliphatic heterocycles. The SMILES string of the molecule is Oc1cc(N=Nc2ccccc2)ccc1/C=N/N=C1/C[C@H](c2ccccc2)N=N1. The van der Waals surface area contributed by atoms with Gasteiger partial charge in [-0.1, -0.05) is 48.5 Å². The minimum Gasteiger partial charge on any atom is -0.507 e. The van der Waals surface area contributed by atoms with Crippen molar-refractivity contribution in [1.29, 1.82) is 0 Å². The minimum atomic E-state index is -0.0205. The topological polar surface area (TPSA) is 94.4 Å². The maximum absolute atomic E-state index is 10.2. The summed E-state index contributed by atoms with van der Waals surface area (Å²) < 4.78 is 0. The Morgan fingerprint density at radius 1 is 0.862 bits per heavy atom. The fourth-order valence-corrected chi connectivity index (χ4v) is 2.78. The molecule has 0 saturated carbocycles. The van der Waals surface area contributed by atoms with E-state index in [1.54, 1.807) is 12.1 Å². The van der Waals surface area contributed by atoms with Crippen molar-refractivity contribution < 1.29 is 5.11 Å². The van der Waals surface area contributed by atoms with Crippen molar-refractivity contribution in [2.45, 2.75) is 12.5 Å². The number of amidine groups is 1. The van der Waals surface area contributed by atoms with Gasteiger partial charge in [0.05, 0.1) is 17.6 Å². The molecular weight excluding hydrogens is 364 g/mol. The van der Waals surface area contributed by atoms with Crippen LogP contribution in [0.3, 0.4) is 0 Å². The summed E-state index contributed by atoms with van der Waals surface area (Å²) in [4.78, 5) is 0. The first kappa shape index (κ1) is 18.4. The Hall–Kier alpha value is -4.00. The number of aromatic hydroxyl groups is 1. The molecule has 0 aliphatic carbocycles. The Labute approximate surface area is 167 Å². The molecule has 0 radical (unpaired) electrons. The van der Waals surface area contributed by atoms with Crippen LogP contribution in [-0.4, -0.2) is 17.2 Å². The van der Waals surface area contributed by atoms with Gasteiger partial charge < -0.3 is 5.11 Å². The van der Waals surface area contributed by atoms with Crippen LogP contribution in [-0.2, 0) is 0 Å². The van der Waals surface area contributed by atoms with Crippen LogP contribution in [0.15, 0.2) is 110 Å². The maximum atomic E-state index is 10.2. The van der Waals surface area contributed by atoms with Crippen molar-refractivity contribution in [2.24, 2.45) is 30.7 Å². The first-order valence-corrected chi connectivity index (χ1v) is 9.13. The third kappa shape index (κ3) is 4.84. The van der Waals surface area contributed by atoms with Gasteiger partial charge in [0, 0.05) is 18.1 Å². The van der Waals surface area contributed by atoms with E-state index in [4.69, 9.17) is 0 Å². The first-order valence-electron chi connectivity index (χ1n) is 9.13. The van der Waals surface area contributed by atoms with Crippen molar-refractivity contribution in [3.8, 4) is 5.75 Å². The van der Waals surface area contributed by atoms with Crippen LogP contribution in [0, 0.1) is 0 Å². The number of hydrogen-bond donors (Lipinski definition) is 1. The van der Waals surface area contributed by atoms with Crippen molar-refractivity contribution in [3.05, 3.63) is 90.0 Å². The van der Waals surface area contributed by atoms with Crippen molar-refractivity contribution >= 4 is 23.4 Å². The highest BCUT2D eigenvalue weighted by molar-refractivity contribution is 5.87. The molecule has 7 nitrogen and oxygen atoms in total. The van der Waals surface area contributed by atoms with E-state index in [9.17, 15) is 5.11 Å². The number of hydrogen-bond acceptors (Lipinski definition) is 6. The fourth-order valence-electron chi connectivity index (χ4n) is 2.78. The highest BCUT2D eigenvalue weighted by atomic mass is 16.3. The highest BCUT2D eigenvalue weighted by Crippen LogP contribution is 2.28. The summed E-state index contributed by atoms with van der Waals surface area (Å²) in [6, 6.07) is 24.3. The molecule has 0 aromatic heterocycles. The number of phenolic OH excluding ortho intramolecular Hbond substituents is 1. The summed E-state index contributed by atoms with van der Waals surface area (Å²) in [5.41, 5.74) is 2.92. The standard InChI is InChI=1S/C22H18N6O/c29-21-13-19(25-24-18-9-5-2-6-10-18)12-11-17(21)15-23-27-22-14-20(26-28-22)16-7-3-1-4-8-16/h1-13,15,20,29H,14H2/b23-15+,25-24?,27-22-/t20-/m1/s1. The van der Waals surface area contributed by atoms with Crippen LogP contribution in [0.1, 0.15) is 23.6 Å². The molecule has 1 N–H and O–H groups in total. The fraction of sp³-hybridized carbons (Fsp3) is 0.0909. The lowest BCUT2D eigenvalue weighted by molar-refractivity contribution is 0.474. The van der Waals surface area contributed by atoms with Crippen molar-refractivity contribution in [1.82, 2.24) is 0 Å². The Morgan fingerprint density at radius 3 is 2.34 bits per heavy atom. The molecule has 7 heteroatoms. The number of rotatable bonds is 5. The molecule has 3 aromatic carbocycles. The average molecular weight is 382 g/mol. The van der Waals surface area contributed by atoms with E-state index in [-0.39, 0.29) is 11.8 Å². The zero-order valence-corrected chi connectivity index (χ0v) is 15.5. The lowest BCUT2D eigenvalue weighted by Crippen LogP contribution is -1.95. The van der Waals surface area contributed by atoms with Crippen LogP contribution in [0.5, 0.6) is 5.75 Å². The molecule has 3 aromatic rings. The zero-order valence-electron chi connectivity index (χ0n) is 15.5. The molecular formula is C22H18N6O. The van der Waals surface area contributed by atoms with E-state index in [2.05, 4.69) is 30.7 Å². The maximum Gasteiger partial charge on any atom is 0.175 e. The van der Waals surface area contributed by atoms with Crippen LogP contribution < -0.4 is 0 Å². The number of phenols is 1. The Bertz CT molecular complexity index is 1090. The lowest BCUT2D eigenvalue weighted by Gasteiger charge is -2.03. The monoisotopic (exact) mass is 382 g/mol. The molecule has 1 heterocycles. The summed E-state index contributed by atoms with van der Waals surface area (Å²) in [6.45, 7) is 0. The van der Waals surface area contributed by atoms with Gasteiger partial charge in [0.25, 0.3) is 0 Å². The summed E-state index contributed by atoms with van der Waals surface area (Å²) >= 11 is 0. The van der Waals surface area contributed by atoms with E-state index in [1.807, 2.05) is 60.7 Å². The average Bonchev–Trinajstić information content (AvgIpc) is 3.24. The first-order chi connectivity index (χ1) is 14.3.